The fourth-order valence-electron chi connectivity index (χ4n) is 2.77. The number of aromatic nitrogens is 3. The summed E-state index contributed by atoms with van der Waals surface area (Å²) < 4.78 is 1.85. The van der Waals surface area contributed by atoms with E-state index in [1.807, 2.05) is 4.57 Å². The van der Waals surface area contributed by atoms with Crippen molar-refractivity contribution in [3.05, 3.63) is 10.5 Å². The lowest BCUT2D eigenvalue weighted by molar-refractivity contribution is 0.319. The zero-order valence-corrected chi connectivity index (χ0v) is 14.7. The average Bonchev–Trinajstić information content (AvgIpc) is 3.20. The number of nitrogens with one attached hydrogen (secondary N) is 1. The van der Waals surface area contributed by atoms with Gasteiger partial charge in [-0.2, -0.15) is 0 Å². The van der Waals surface area contributed by atoms with Crippen LogP contribution in [0.3, 0.4) is 0 Å². The van der Waals surface area contributed by atoms with E-state index in [1.54, 1.807) is 11.8 Å². The van der Waals surface area contributed by atoms with E-state index in [2.05, 4.69) is 40.0 Å². The quantitative estimate of drug-likeness (QED) is 0.534. The molecule has 1 aromatic rings. The molecule has 1 aromatic heterocycles. The van der Waals surface area contributed by atoms with Crippen LogP contribution < -0.4 is 5.69 Å². The summed E-state index contributed by atoms with van der Waals surface area (Å²) in [6.07, 6.45) is 7.06. The van der Waals surface area contributed by atoms with Crippen LogP contribution in [0.2, 0.25) is 0 Å². The van der Waals surface area contributed by atoms with Gasteiger partial charge in [0.1, 0.15) is 0 Å². The van der Waals surface area contributed by atoms with Crippen LogP contribution in [0.5, 0.6) is 0 Å². The summed E-state index contributed by atoms with van der Waals surface area (Å²) in [6.45, 7) is 4.48. The molecular formula is C14H24BrN3OS. The Morgan fingerprint density at radius 3 is 2.55 bits per heavy atom. The second kappa shape index (κ2) is 7.16. The van der Waals surface area contributed by atoms with Gasteiger partial charge in [0, 0.05) is 17.1 Å². The first-order valence-electron chi connectivity index (χ1n) is 7.51. The first-order valence-corrected chi connectivity index (χ1v) is 9.62. The molecule has 20 heavy (non-hydrogen) atoms. The minimum Gasteiger partial charge on any atom is -0.267 e. The summed E-state index contributed by atoms with van der Waals surface area (Å²) >= 11 is 5.44. The highest BCUT2D eigenvalue weighted by atomic mass is 79.9. The molecule has 0 saturated heterocycles. The molecule has 2 rings (SSSR count). The molecule has 6 heteroatoms. The summed E-state index contributed by atoms with van der Waals surface area (Å²) in [4.78, 5) is 11.8. The summed E-state index contributed by atoms with van der Waals surface area (Å²) in [5.74, 6) is 1.02. The van der Waals surface area contributed by atoms with Crippen molar-refractivity contribution in [3.8, 4) is 0 Å². The minimum atomic E-state index is -0.0505. The summed E-state index contributed by atoms with van der Waals surface area (Å²) in [5, 5.41) is 8.70. The van der Waals surface area contributed by atoms with Gasteiger partial charge in [0.15, 0.2) is 5.16 Å². The van der Waals surface area contributed by atoms with Crippen LogP contribution in [0.15, 0.2) is 9.95 Å². The number of thioether (sulfide) groups is 1. The fourth-order valence-corrected chi connectivity index (χ4v) is 5.10. The highest BCUT2D eigenvalue weighted by Crippen LogP contribution is 2.40. The minimum absolute atomic E-state index is 0.0505. The third kappa shape index (κ3) is 3.70. The highest BCUT2D eigenvalue weighted by Gasteiger charge is 2.31. The van der Waals surface area contributed by atoms with Crippen LogP contribution in [0.4, 0.5) is 0 Å². The maximum Gasteiger partial charge on any atom is 0.344 e. The molecule has 1 saturated carbocycles. The Morgan fingerprint density at radius 2 is 2.05 bits per heavy atom. The largest absolute Gasteiger partial charge is 0.344 e. The van der Waals surface area contributed by atoms with Crippen LogP contribution in [0.1, 0.15) is 58.4 Å². The van der Waals surface area contributed by atoms with Gasteiger partial charge < -0.3 is 0 Å². The lowest BCUT2D eigenvalue weighted by Gasteiger charge is -2.31. The Balaban J connectivity index is 2.07. The van der Waals surface area contributed by atoms with Gasteiger partial charge in [0.25, 0.3) is 0 Å². The van der Waals surface area contributed by atoms with Gasteiger partial charge in [-0.3, -0.25) is 4.57 Å². The van der Waals surface area contributed by atoms with Gasteiger partial charge in [-0.05, 0) is 31.1 Å². The van der Waals surface area contributed by atoms with Crippen LogP contribution in [-0.4, -0.2) is 25.8 Å². The molecule has 1 N–H and O–H groups in total. The van der Waals surface area contributed by atoms with Crippen molar-refractivity contribution in [2.24, 2.45) is 5.41 Å². The normalized spacial score (nSPS) is 15.8. The van der Waals surface area contributed by atoms with Crippen LogP contribution >= 0.6 is 27.7 Å². The second-order valence-electron chi connectivity index (χ2n) is 5.83. The number of aromatic amines is 1. The molecule has 1 aliphatic carbocycles. The topological polar surface area (TPSA) is 50.7 Å². The van der Waals surface area contributed by atoms with E-state index in [-0.39, 0.29) is 5.69 Å². The number of nitrogens with zero attached hydrogens (tertiary/aromatic N) is 2. The maximum absolute atomic E-state index is 11.8. The number of hydrogen-bond donors (Lipinski definition) is 1. The molecule has 0 amide bonds. The molecule has 114 valence electrons. The number of alkyl halides is 1. The van der Waals surface area contributed by atoms with E-state index >= 15 is 0 Å². The van der Waals surface area contributed by atoms with Crippen LogP contribution in [0.25, 0.3) is 0 Å². The zero-order valence-electron chi connectivity index (χ0n) is 12.3. The molecule has 1 aliphatic rings. The molecule has 0 aromatic carbocycles. The van der Waals surface area contributed by atoms with Gasteiger partial charge in [-0.15, -0.1) is 5.10 Å². The highest BCUT2D eigenvalue weighted by molar-refractivity contribution is 9.09. The molecule has 0 spiro atoms. The van der Waals surface area contributed by atoms with E-state index in [9.17, 15) is 4.79 Å². The van der Waals surface area contributed by atoms with E-state index in [1.165, 1.54) is 25.7 Å². The number of H-pyrrole nitrogens is 1. The van der Waals surface area contributed by atoms with Crippen molar-refractivity contribution in [1.82, 2.24) is 14.8 Å². The maximum atomic E-state index is 11.8. The van der Waals surface area contributed by atoms with E-state index in [4.69, 9.17) is 0 Å². The van der Waals surface area contributed by atoms with Crippen molar-refractivity contribution in [3.63, 3.8) is 0 Å². The first kappa shape index (κ1) is 16.1. The molecule has 4 nitrogen and oxygen atoms in total. The number of hydrogen-bond acceptors (Lipinski definition) is 3. The third-order valence-electron chi connectivity index (χ3n) is 3.94. The molecule has 0 atom stereocenters. The Kier molecular flexibility index (Phi) is 5.78. The van der Waals surface area contributed by atoms with Crippen molar-refractivity contribution in [1.29, 1.82) is 0 Å². The lowest BCUT2D eigenvalue weighted by Crippen LogP contribution is -2.26. The molecule has 0 aliphatic heterocycles. The molecule has 0 bridgehead atoms. The Bertz CT molecular complexity index is 475. The van der Waals surface area contributed by atoms with Crippen LogP contribution in [0, 0.1) is 5.41 Å². The predicted molar refractivity (Wildman–Crippen MR) is 87.9 cm³/mol. The van der Waals surface area contributed by atoms with Gasteiger partial charge in [0.2, 0.25) is 0 Å². The lowest BCUT2D eigenvalue weighted by atomic mass is 9.83. The summed E-state index contributed by atoms with van der Waals surface area (Å²) in [5.41, 5.74) is 0.266. The predicted octanol–water partition coefficient (Wildman–Crippen LogP) is 3.98. The second-order valence-corrected chi connectivity index (χ2v) is 7.34. The van der Waals surface area contributed by atoms with E-state index < -0.39 is 0 Å². The molecule has 1 fully saturated rings. The van der Waals surface area contributed by atoms with Gasteiger partial charge in [-0.25, -0.2) is 9.89 Å². The Morgan fingerprint density at radius 1 is 1.40 bits per heavy atom. The average molecular weight is 362 g/mol. The Hall–Kier alpha value is -0.230. The first-order chi connectivity index (χ1) is 9.65. The molecule has 0 radical (unpaired) electrons. The monoisotopic (exact) mass is 361 g/mol. The third-order valence-corrected chi connectivity index (χ3v) is 6.43. The van der Waals surface area contributed by atoms with E-state index in [0.29, 0.717) is 11.5 Å². The zero-order chi connectivity index (χ0) is 14.6. The van der Waals surface area contributed by atoms with Gasteiger partial charge in [0.05, 0.1) is 0 Å². The summed E-state index contributed by atoms with van der Waals surface area (Å²) in [6, 6.07) is 0.388. The van der Waals surface area contributed by atoms with Crippen LogP contribution in [-0.2, 0) is 0 Å². The molecular weight excluding hydrogens is 338 g/mol. The standard InChI is InChI=1S/C14H24BrN3OS/c1-3-7-14(9-15,8-4-2)10-20-13-17-16-12(19)18(13)11-5-6-11/h11H,3-10H2,1-2H3,(H,16,19). The number of halogens is 1. The fraction of sp³-hybridized carbons (Fsp3) is 0.857. The molecule has 1 heterocycles. The Labute approximate surface area is 133 Å². The molecule has 0 unspecified atom stereocenters. The van der Waals surface area contributed by atoms with Crippen molar-refractivity contribution < 1.29 is 0 Å². The smallest absolute Gasteiger partial charge is 0.267 e. The van der Waals surface area contributed by atoms with Crippen molar-refractivity contribution in [2.45, 2.75) is 63.6 Å². The number of rotatable bonds is 9. The van der Waals surface area contributed by atoms with E-state index in [0.717, 1.165) is 29.1 Å². The van der Waals surface area contributed by atoms with Gasteiger partial charge >= 0.3 is 5.69 Å². The SMILES string of the molecule is CCCC(CBr)(CCC)CSc1n[nH]c(=O)n1C1CC1. The van der Waals surface area contributed by atoms with Gasteiger partial charge in [-0.1, -0.05) is 54.4 Å². The van der Waals surface area contributed by atoms with Crippen molar-refractivity contribution >= 4 is 27.7 Å². The van der Waals surface area contributed by atoms with Crippen molar-refractivity contribution in [2.75, 3.05) is 11.1 Å². The summed E-state index contributed by atoms with van der Waals surface area (Å²) in [7, 11) is 0.